The zero-order valence-electron chi connectivity index (χ0n) is 17.4. The number of rotatable bonds is 7. The molecular weight excluding hydrogens is 382 g/mol. The molecule has 154 valence electrons. The molecule has 1 aromatic heterocycles. The first-order valence-corrected chi connectivity index (χ1v) is 9.46. The second-order valence-corrected chi connectivity index (χ2v) is 6.95. The molecule has 0 aliphatic carbocycles. The summed E-state index contributed by atoms with van der Waals surface area (Å²) in [6.45, 7) is 5.18. The summed E-state index contributed by atoms with van der Waals surface area (Å²) >= 11 is 0. The number of esters is 1. The molecule has 6 nitrogen and oxygen atoms in total. The molecule has 0 spiro atoms. The Morgan fingerprint density at radius 1 is 0.900 bits per heavy atom. The van der Waals surface area contributed by atoms with Crippen LogP contribution in [0.5, 0.6) is 5.75 Å². The Balaban J connectivity index is 1.76. The minimum absolute atomic E-state index is 0.0234. The molecular formula is C24H23NO5. The third kappa shape index (κ3) is 4.33. The Morgan fingerprint density at radius 3 is 2.07 bits per heavy atom. The van der Waals surface area contributed by atoms with E-state index in [1.165, 1.54) is 14.0 Å². The van der Waals surface area contributed by atoms with Gasteiger partial charge in [0.15, 0.2) is 12.4 Å². The number of ketones is 2. The van der Waals surface area contributed by atoms with E-state index in [1.54, 1.807) is 36.4 Å². The summed E-state index contributed by atoms with van der Waals surface area (Å²) in [6.07, 6.45) is 0. The van der Waals surface area contributed by atoms with E-state index in [2.05, 4.69) is 0 Å². The Labute approximate surface area is 175 Å². The number of carbonyl (C=O) groups is 3. The van der Waals surface area contributed by atoms with Crippen LogP contribution in [-0.4, -0.2) is 35.8 Å². The predicted molar refractivity (Wildman–Crippen MR) is 113 cm³/mol. The molecule has 3 rings (SSSR count). The largest absolute Gasteiger partial charge is 0.485 e. The first kappa shape index (κ1) is 21.0. The molecule has 0 aliphatic rings. The third-order valence-corrected chi connectivity index (χ3v) is 4.91. The van der Waals surface area contributed by atoms with E-state index in [4.69, 9.17) is 9.47 Å². The molecule has 0 bridgehead atoms. The second kappa shape index (κ2) is 8.78. The topological polar surface area (TPSA) is 74.6 Å². The van der Waals surface area contributed by atoms with Gasteiger partial charge in [0.2, 0.25) is 5.78 Å². The highest BCUT2D eigenvalue weighted by Gasteiger charge is 2.17. The lowest BCUT2D eigenvalue weighted by Crippen LogP contribution is -2.13. The first-order chi connectivity index (χ1) is 14.3. The molecule has 0 atom stereocenters. The van der Waals surface area contributed by atoms with E-state index in [-0.39, 0.29) is 18.2 Å². The minimum Gasteiger partial charge on any atom is -0.485 e. The summed E-state index contributed by atoms with van der Waals surface area (Å²) in [5.41, 5.74) is 4.16. The van der Waals surface area contributed by atoms with Gasteiger partial charge in [0.25, 0.3) is 0 Å². The number of nitrogens with zero attached hydrogens (tertiary/aromatic N) is 1. The van der Waals surface area contributed by atoms with E-state index in [1.807, 2.05) is 36.6 Å². The van der Waals surface area contributed by atoms with Crippen molar-refractivity contribution in [2.75, 3.05) is 13.7 Å². The average Bonchev–Trinajstić information content (AvgIpc) is 3.05. The van der Waals surface area contributed by atoms with Crippen molar-refractivity contribution in [3.8, 4) is 11.4 Å². The maximum atomic E-state index is 12.7. The van der Waals surface area contributed by atoms with Gasteiger partial charge >= 0.3 is 5.97 Å². The van der Waals surface area contributed by atoms with Crippen LogP contribution in [0.15, 0.2) is 54.6 Å². The number of carbonyl (C=O) groups excluding carboxylic acids is 3. The first-order valence-electron chi connectivity index (χ1n) is 9.46. The summed E-state index contributed by atoms with van der Waals surface area (Å²) < 4.78 is 12.3. The van der Waals surface area contributed by atoms with Crippen LogP contribution in [0.4, 0.5) is 0 Å². The van der Waals surface area contributed by atoms with E-state index in [9.17, 15) is 14.4 Å². The maximum Gasteiger partial charge on any atom is 0.337 e. The fourth-order valence-electron chi connectivity index (χ4n) is 3.32. The van der Waals surface area contributed by atoms with Crippen molar-refractivity contribution in [2.45, 2.75) is 20.8 Å². The Morgan fingerprint density at radius 2 is 1.50 bits per heavy atom. The molecule has 0 aliphatic heterocycles. The van der Waals surface area contributed by atoms with Gasteiger partial charge in [-0.2, -0.15) is 0 Å². The van der Waals surface area contributed by atoms with Crippen LogP contribution in [-0.2, 0) is 4.74 Å². The minimum atomic E-state index is -0.396. The monoisotopic (exact) mass is 405 g/mol. The predicted octanol–water partition coefficient (Wildman–Crippen LogP) is 4.35. The molecule has 2 aromatic carbocycles. The summed E-state index contributed by atoms with van der Waals surface area (Å²) in [5.74, 6) is -0.0340. The normalized spacial score (nSPS) is 10.5. The number of hydrogen-bond donors (Lipinski definition) is 0. The Bertz CT molecular complexity index is 1090. The quantitative estimate of drug-likeness (QED) is 0.432. The molecule has 0 saturated heterocycles. The highest BCUT2D eigenvalue weighted by molar-refractivity contribution is 5.99. The number of aromatic nitrogens is 1. The van der Waals surface area contributed by atoms with Crippen LogP contribution in [0.25, 0.3) is 5.69 Å². The third-order valence-electron chi connectivity index (χ3n) is 4.91. The lowest BCUT2D eigenvalue weighted by molar-refractivity contribution is 0.0600. The number of aryl methyl sites for hydroxylation is 1. The van der Waals surface area contributed by atoms with Crippen molar-refractivity contribution < 1.29 is 23.9 Å². The Hall–Kier alpha value is -3.67. The van der Waals surface area contributed by atoms with Crippen LogP contribution in [0.1, 0.15) is 49.4 Å². The number of ether oxygens (including phenoxy) is 2. The molecule has 0 amide bonds. The SMILES string of the molecule is COC(=O)c1ccc(-n2c(C)cc(C(=O)COc3ccc(C(C)=O)cc3)c2C)cc1. The molecule has 6 heteroatoms. The van der Waals surface area contributed by atoms with E-state index in [0.29, 0.717) is 22.4 Å². The van der Waals surface area contributed by atoms with Gasteiger partial charge in [-0.3, -0.25) is 9.59 Å². The van der Waals surface area contributed by atoms with Gasteiger partial charge in [-0.15, -0.1) is 0 Å². The molecule has 0 saturated carbocycles. The van der Waals surface area contributed by atoms with Gasteiger partial charge in [-0.05, 0) is 75.4 Å². The van der Waals surface area contributed by atoms with Gasteiger partial charge in [0.1, 0.15) is 5.75 Å². The summed E-state index contributed by atoms with van der Waals surface area (Å²) in [5, 5.41) is 0. The molecule has 0 N–H and O–H groups in total. The molecule has 3 aromatic rings. The van der Waals surface area contributed by atoms with E-state index >= 15 is 0 Å². The Kier molecular flexibility index (Phi) is 6.16. The maximum absolute atomic E-state index is 12.7. The molecule has 30 heavy (non-hydrogen) atoms. The van der Waals surface area contributed by atoms with Gasteiger partial charge in [-0.25, -0.2) is 4.79 Å². The highest BCUT2D eigenvalue weighted by Crippen LogP contribution is 2.22. The average molecular weight is 405 g/mol. The van der Waals surface area contributed by atoms with Crippen molar-refractivity contribution in [1.82, 2.24) is 4.57 Å². The van der Waals surface area contributed by atoms with Crippen molar-refractivity contribution in [3.05, 3.63) is 82.7 Å². The standard InChI is InChI=1S/C24H23NO5/c1-15-13-22(23(27)14-30-21-11-7-18(8-12-21)17(3)26)16(2)25(15)20-9-5-19(6-10-20)24(28)29-4/h5-13H,14H2,1-4H3. The van der Waals surface area contributed by atoms with Gasteiger partial charge in [0, 0.05) is 28.2 Å². The van der Waals surface area contributed by atoms with Crippen LogP contribution in [0.2, 0.25) is 0 Å². The zero-order chi connectivity index (χ0) is 21.8. The number of methoxy groups -OCH3 is 1. The van der Waals surface area contributed by atoms with Crippen LogP contribution in [0, 0.1) is 13.8 Å². The lowest BCUT2D eigenvalue weighted by atomic mass is 10.1. The second-order valence-electron chi connectivity index (χ2n) is 6.95. The molecule has 0 fully saturated rings. The van der Waals surface area contributed by atoms with Gasteiger partial charge in [-0.1, -0.05) is 0 Å². The number of hydrogen-bond acceptors (Lipinski definition) is 5. The van der Waals surface area contributed by atoms with E-state index < -0.39 is 5.97 Å². The van der Waals surface area contributed by atoms with Crippen LogP contribution in [0.3, 0.4) is 0 Å². The summed E-state index contributed by atoms with van der Waals surface area (Å²) in [4.78, 5) is 35.7. The summed E-state index contributed by atoms with van der Waals surface area (Å²) in [7, 11) is 1.34. The fourth-order valence-corrected chi connectivity index (χ4v) is 3.32. The molecule has 0 unspecified atom stereocenters. The highest BCUT2D eigenvalue weighted by atomic mass is 16.5. The van der Waals surface area contributed by atoms with Crippen molar-refractivity contribution in [3.63, 3.8) is 0 Å². The lowest BCUT2D eigenvalue weighted by Gasteiger charge is -2.11. The van der Waals surface area contributed by atoms with E-state index in [0.717, 1.165) is 17.1 Å². The van der Waals surface area contributed by atoms with Crippen LogP contribution < -0.4 is 4.74 Å². The van der Waals surface area contributed by atoms with Gasteiger partial charge < -0.3 is 14.0 Å². The summed E-state index contributed by atoms with van der Waals surface area (Å²) in [6, 6.07) is 15.5. The smallest absolute Gasteiger partial charge is 0.337 e. The van der Waals surface area contributed by atoms with Crippen LogP contribution >= 0.6 is 0 Å². The number of benzene rings is 2. The fraction of sp³-hybridized carbons (Fsp3) is 0.208. The van der Waals surface area contributed by atoms with Crippen molar-refractivity contribution in [1.29, 1.82) is 0 Å². The molecule has 1 heterocycles. The van der Waals surface area contributed by atoms with Crippen molar-refractivity contribution in [2.24, 2.45) is 0 Å². The van der Waals surface area contributed by atoms with Crippen molar-refractivity contribution >= 4 is 17.5 Å². The zero-order valence-corrected chi connectivity index (χ0v) is 17.4. The van der Waals surface area contributed by atoms with Gasteiger partial charge in [0.05, 0.1) is 12.7 Å². The molecule has 0 radical (unpaired) electrons. The number of Topliss-reactive ketones (excluding diaryl/α,β-unsaturated/α-hetero) is 2.